The number of rotatable bonds is 5. The molecular weight excluding hydrogens is 990 g/mol. The summed E-state index contributed by atoms with van der Waals surface area (Å²) in [7, 11) is 0. The number of benzene rings is 7. The van der Waals surface area contributed by atoms with Gasteiger partial charge in [-0.1, -0.05) is 95.9 Å². The Kier molecular flexibility index (Phi) is 9.85. The number of imidazole rings is 1. The standard InChI is InChI=1S/C39H24N3S.C14H16GeN.Ir/c1-24-20-21-28(30-14-5-4-12-27(24)30)26-22-33-31-15-9-16-32(37(31)43-39(33)40-23-26)38-41-34-17-6-7-18-36(34)42(38)35-19-8-11-25-10-2-3-13-29(25)35;1-15(2,3)13-9-10-14(16-11-13)12-7-5-4-6-8-12;/h2-15,17-23H,1H3;4-7,9-11H,1-3H3;/q2*-1;/i1D3;;. The Morgan fingerprint density at radius 2 is 1.43 bits per heavy atom. The molecule has 0 aliphatic heterocycles. The van der Waals surface area contributed by atoms with Crippen LogP contribution in [0.2, 0.25) is 17.3 Å². The summed E-state index contributed by atoms with van der Waals surface area (Å²) in [5, 5.41) is 6.09. The fourth-order valence-corrected chi connectivity index (χ4v) is 11.2. The van der Waals surface area contributed by atoms with Crippen LogP contribution in [0.25, 0.3) is 92.3 Å². The molecule has 0 atom stereocenters. The predicted octanol–water partition coefficient (Wildman–Crippen LogP) is 13.6. The molecule has 0 unspecified atom stereocenters. The zero-order chi connectivity index (χ0) is 42.6. The SMILES string of the molecule is [2H]C([2H])([2H])c1ccc(-c2cnc3sc4c(-c5nc6ccccc6n5-c5cccc6ccccc56)[c-]ccc4c3c2)c2ccccc12.[CH3][Ge]([CH3])([CH3])[c]1ccc(-c2[c-]cccc2)nc1.[Ir]. The van der Waals surface area contributed by atoms with E-state index in [4.69, 9.17) is 14.1 Å². The van der Waals surface area contributed by atoms with Crippen LogP contribution < -0.4 is 4.40 Å². The molecule has 7 aromatic carbocycles. The van der Waals surface area contributed by atoms with E-state index in [0.29, 0.717) is 5.56 Å². The van der Waals surface area contributed by atoms with Crippen LogP contribution in [-0.4, -0.2) is 32.8 Å². The van der Waals surface area contributed by atoms with Gasteiger partial charge in [-0.05, 0) is 63.1 Å². The molecule has 0 saturated carbocycles. The summed E-state index contributed by atoms with van der Waals surface area (Å²) in [6, 6.07) is 59.7. The van der Waals surface area contributed by atoms with Gasteiger partial charge in [0.2, 0.25) is 0 Å². The number of fused-ring (bicyclic) bond motifs is 6. The second-order valence-corrected chi connectivity index (χ2v) is 27.3. The molecule has 0 spiro atoms. The van der Waals surface area contributed by atoms with E-state index in [2.05, 4.69) is 124 Å². The van der Waals surface area contributed by atoms with Crippen molar-refractivity contribution in [1.29, 1.82) is 0 Å². The number of thiophene rings is 1. The minimum atomic E-state index is -2.20. The van der Waals surface area contributed by atoms with Crippen LogP contribution in [0.15, 0.2) is 170 Å². The Hall–Kier alpha value is -5.76. The molecule has 4 nitrogen and oxygen atoms in total. The summed E-state index contributed by atoms with van der Waals surface area (Å²) in [6.07, 6.45) is 3.93. The quantitative estimate of drug-likeness (QED) is 0.127. The molecule has 0 aliphatic carbocycles. The maximum atomic E-state index is 8.06. The van der Waals surface area contributed by atoms with Crippen LogP contribution in [0, 0.1) is 19.0 Å². The van der Waals surface area contributed by atoms with E-state index in [1.54, 1.807) is 17.4 Å². The number of hydrogen-bond donors (Lipinski definition) is 0. The first-order valence-corrected chi connectivity index (χ1v) is 27.8. The van der Waals surface area contributed by atoms with Gasteiger partial charge in [-0.25, -0.2) is 4.98 Å². The van der Waals surface area contributed by atoms with Gasteiger partial charge < -0.3 is 4.57 Å². The molecule has 4 heterocycles. The Labute approximate surface area is 374 Å². The summed E-state index contributed by atoms with van der Waals surface area (Å²) in [6.45, 7) is -2.20. The number of aryl methyl sites for hydroxylation is 1. The minimum Gasteiger partial charge on any atom is 0 e. The third-order valence-electron chi connectivity index (χ3n) is 10.9. The predicted molar refractivity (Wildman–Crippen MR) is 253 cm³/mol. The number of nitrogens with zero attached hydrogens (tertiary/aromatic N) is 4. The van der Waals surface area contributed by atoms with Crippen LogP contribution >= 0.6 is 11.3 Å². The van der Waals surface area contributed by atoms with Crippen molar-refractivity contribution in [3.05, 3.63) is 188 Å². The van der Waals surface area contributed by atoms with Gasteiger partial charge in [-0.3, -0.25) is 4.98 Å². The topological polar surface area (TPSA) is 43.6 Å². The van der Waals surface area contributed by atoms with E-state index in [-0.39, 0.29) is 20.1 Å². The van der Waals surface area contributed by atoms with E-state index in [1.165, 1.54) is 9.78 Å². The molecular formula is C53H40GeIrN4S-2. The van der Waals surface area contributed by atoms with Crippen LogP contribution in [0.5, 0.6) is 0 Å². The Morgan fingerprint density at radius 3 is 2.23 bits per heavy atom. The summed E-state index contributed by atoms with van der Waals surface area (Å²) < 4.78 is 28.9. The van der Waals surface area contributed by atoms with E-state index >= 15 is 0 Å². The summed E-state index contributed by atoms with van der Waals surface area (Å²) in [4.78, 5) is 15.6. The number of pyridine rings is 2. The van der Waals surface area contributed by atoms with Gasteiger partial charge in [0, 0.05) is 52.4 Å². The van der Waals surface area contributed by atoms with Crippen molar-refractivity contribution in [2.24, 2.45) is 0 Å². The first-order chi connectivity index (χ1) is 30.0. The molecule has 1 radical (unpaired) electrons. The van der Waals surface area contributed by atoms with Gasteiger partial charge >= 0.3 is 99.8 Å². The maximum Gasteiger partial charge on any atom is 0 e. The van der Waals surface area contributed by atoms with E-state index in [1.807, 2.05) is 79.1 Å². The van der Waals surface area contributed by atoms with E-state index in [9.17, 15) is 0 Å². The average molecular weight is 1030 g/mol. The third-order valence-corrected chi connectivity index (χ3v) is 16.3. The van der Waals surface area contributed by atoms with E-state index in [0.717, 1.165) is 87.0 Å². The van der Waals surface area contributed by atoms with Gasteiger partial charge in [-0.15, -0.1) is 18.2 Å². The summed E-state index contributed by atoms with van der Waals surface area (Å²) in [5.41, 5.74) is 8.29. The number of para-hydroxylation sites is 2. The molecule has 293 valence electrons. The van der Waals surface area contributed by atoms with Crippen LogP contribution in [0.3, 0.4) is 0 Å². The molecule has 0 saturated heterocycles. The number of aromatic nitrogens is 4. The first kappa shape index (κ1) is 36.1. The maximum absolute atomic E-state index is 8.06. The van der Waals surface area contributed by atoms with Crippen molar-refractivity contribution < 1.29 is 24.2 Å². The van der Waals surface area contributed by atoms with Crippen LogP contribution in [0.1, 0.15) is 9.68 Å². The van der Waals surface area contributed by atoms with Crippen molar-refractivity contribution in [2.45, 2.75) is 24.1 Å². The summed E-state index contributed by atoms with van der Waals surface area (Å²) >= 11 is -0.0721. The monoisotopic (exact) mass is 1030 g/mol. The molecule has 7 heteroatoms. The average Bonchev–Trinajstić information content (AvgIpc) is 3.87. The van der Waals surface area contributed by atoms with Crippen molar-refractivity contribution in [1.82, 2.24) is 19.5 Å². The van der Waals surface area contributed by atoms with E-state index < -0.39 is 20.1 Å². The third kappa shape index (κ3) is 7.28. The van der Waals surface area contributed by atoms with Crippen molar-refractivity contribution >= 4 is 81.9 Å². The van der Waals surface area contributed by atoms with Crippen molar-refractivity contribution in [3.8, 4) is 39.5 Å². The van der Waals surface area contributed by atoms with Crippen LogP contribution in [-0.2, 0) is 20.1 Å². The van der Waals surface area contributed by atoms with Gasteiger partial charge in [-0.2, -0.15) is 11.3 Å². The largest absolute Gasteiger partial charge is 0 e. The second kappa shape index (κ2) is 16.4. The molecule has 11 rings (SSSR count). The molecule has 60 heavy (non-hydrogen) atoms. The van der Waals surface area contributed by atoms with Gasteiger partial charge in [0.15, 0.2) is 0 Å². The van der Waals surface area contributed by atoms with Crippen LogP contribution in [0.4, 0.5) is 0 Å². The zero-order valence-corrected chi connectivity index (χ0v) is 38.5. The number of hydrogen-bond acceptors (Lipinski definition) is 4. The Balaban J connectivity index is 0.000000251. The molecule has 0 bridgehead atoms. The molecule has 0 fully saturated rings. The fourth-order valence-electron chi connectivity index (χ4n) is 7.88. The smallest absolute Gasteiger partial charge is 0 e. The Morgan fingerprint density at radius 1 is 0.650 bits per heavy atom. The Bertz CT molecular complexity index is 3440. The molecule has 4 aromatic heterocycles. The van der Waals surface area contributed by atoms with Crippen molar-refractivity contribution in [3.63, 3.8) is 0 Å². The molecule has 0 N–H and O–H groups in total. The fraction of sp³-hybridized carbons (Fsp3) is 0.0755. The molecule has 11 aromatic rings. The minimum absolute atomic E-state index is 0. The molecule has 0 aliphatic rings. The second-order valence-electron chi connectivity index (χ2n) is 15.7. The first-order valence-electron chi connectivity index (χ1n) is 21.2. The zero-order valence-electron chi connectivity index (χ0n) is 36.2. The van der Waals surface area contributed by atoms with Gasteiger partial charge in [0.25, 0.3) is 0 Å². The summed E-state index contributed by atoms with van der Waals surface area (Å²) in [5.74, 6) is 7.98. The molecule has 0 amide bonds. The van der Waals surface area contributed by atoms with Gasteiger partial charge in [0.05, 0.1) is 16.9 Å². The van der Waals surface area contributed by atoms with Crippen molar-refractivity contribution in [2.75, 3.05) is 0 Å². The normalized spacial score (nSPS) is 12.5. The van der Waals surface area contributed by atoms with Gasteiger partial charge in [0.1, 0.15) is 4.83 Å².